The maximum Gasteiger partial charge on any atom is 0.0781 e. The summed E-state index contributed by atoms with van der Waals surface area (Å²) in [6, 6.07) is 77.4. The summed E-state index contributed by atoms with van der Waals surface area (Å²) < 4.78 is 2.57. The molecule has 0 bridgehead atoms. The van der Waals surface area contributed by atoms with Gasteiger partial charge in [-0.05, 0) is 115 Å². The topological polar surface area (TPSA) is 6.48 Å². The van der Waals surface area contributed by atoms with Crippen LogP contribution in [-0.2, 0) is 10.8 Å². The van der Waals surface area contributed by atoms with E-state index < -0.39 is 0 Å². The molecule has 2 nitrogen and oxygen atoms in total. The van der Waals surface area contributed by atoms with Gasteiger partial charge < -0.3 is 9.80 Å². The zero-order valence-electron chi connectivity index (χ0n) is 36.9. The van der Waals surface area contributed by atoms with Crippen molar-refractivity contribution in [1.82, 2.24) is 0 Å². The molecule has 1 aliphatic carbocycles. The van der Waals surface area contributed by atoms with Crippen LogP contribution in [0.25, 0.3) is 64.0 Å². The highest BCUT2D eigenvalue weighted by molar-refractivity contribution is 7.26. The molecule has 65 heavy (non-hydrogen) atoms. The van der Waals surface area contributed by atoms with E-state index in [1.165, 1.54) is 103 Å². The van der Waals surface area contributed by atoms with Gasteiger partial charge in [0.1, 0.15) is 0 Å². The highest BCUT2D eigenvalue weighted by atomic mass is 32.1. The van der Waals surface area contributed by atoms with Crippen LogP contribution in [-0.4, -0.2) is 0 Å². The number of thiophene rings is 1. The van der Waals surface area contributed by atoms with E-state index in [1.54, 1.807) is 0 Å². The Balaban J connectivity index is 1.11. The second kappa shape index (κ2) is 14.0. The normalized spacial score (nSPS) is 14.4. The third kappa shape index (κ3) is 5.58. The Morgan fingerprint density at radius 2 is 1.03 bits per heavy atom. The van der Waals surface area contributed by atoms with Crippen LogP contribution in [0.5, 0.6) is 0 Å². The Kier molecular flexibility index (Phi) is 8.20. The lowest BCUT2D eigenvalue weighted by molar-refractivity contribution is 0.632. The number of anilines is 6. The first-order valence-corrected chi connectivity index (χ1v) is 23.6. The molecule has 13 rings (SSSR count). The van der Waals surface area contributed by atoms with Gasteiger partial charge in [0.2, 0.25) is 0 Å². The summed E-state index contributed by atoms with van der Waals surface area (Å²) in [7, 11) is 0. The van der Waals surface area contributed by atoms with Gasteiger partial charge in [-0.3, -0.25) is 0 Å². The molecule has 0 atom stereocenters. The zero-order valence-corrected chi connectivity index (χ0v) is 37.7. The van der Waals surface area contributed by atoms with E-state index >= 15 is 0 Å². The number of hydrogen-bond acceptors (Lipinski definition) is 3. The van der Waals surface area contributed by atoms with Gasteiger partial charge >= 0.3 is 0 Å². The van der Waals surface area contributed by atoms with Crippen molar-refractivity contribution in [3.63, 3.8) is 0 Å². The number of rotatable bonds is 5. The summed E-state index contributed by atoms with van der Waals surface area (Å²) in [6.45, 7) is 9.56. The fraction of sp³-hybridized carbons (Fsp3) is 0.0968. The molecule has 11 aromatic rings. The molecule has 0 unspecified atom stereocenters. The molecule has 2 aliphatic rings. The molecule has 0 saturated carbocycles. The minimum Gasteiger partial charge on any atom is -0.307 e. The molecule has 310 valence electrons. The molecule has 0 N–H and O–H groups in total. The summed E-state index contributed by atoms with van der Waals surface area (Å²) in [5.74, 6) is 0. The summed E-state index contributed by atoms with van der Waals surface area (Å²) in [4.78, 5) is 5.16. The van der Waals surface area contributed by atoms with E-state index in [1.807, 2.05) is 11.3 Å². The Morgan fingerprint density at radius 3 is 1.91 bits per heavy atom. The molecule has 2 heterocycles. The van der Waals surface area contributed by atoms with Crippen LogP contribution in [0.2, 0.25) is 0 Å². The molecule has 0 radical (unpaired) electrons. The first-order valence-electron chi connectivity index (χ1n) is 22.8. The van der Waals surface area contributed by atoms with Gasteiger partial charge in [-0.2, -0.15) is 0 Å². The lowest BCUT2D eigenvalue weighted by atomic mass is 9.72. The highest BCUT2D eigenvalue weighted by Crippen LogP contribution is 2.58. The smallest absolute Gasteiger partial charge is 0.0781 e. The average Bonchev–Trinajstić information content (AvgIpc) is 3.84. The van der Waals surface area contributed by atoms with Crippen LogP contribution in [0.4, 0.5) is 34.1 Å². The summed E-state index contributed by atoms with van der Waals surface area (Å²) in [6.07, 6.45) is 0. The SMILES string of the molecule is CC1(C)c2ccccc2-c2ccc(N(c3ccc4ccccc4c3N3c4ccccc4C(C)(C)c4cc(-c5ccc6ccccc6c5)ccc43)c3cccc4c3sc3ccccc34)cc21. The molecule has 0 spiro atoms. The van der Waals surface area contributed by atoms with Gasteiger partial charge in [0.05, 0.1) is 33.1 Å². The van der Waals surface area contributed by atoms with Gasteiger partial charge in [-0.15, -0.1) is 11.3 Å². The molecule has 10 aromatic carbocycles. The van der Waals surface area contributed by atoms with Crippen LogP contribution < -0.4 is 9.80 Å². The number of nitrogens with zero attached hydrogens (tertiary/aromatic N) is 2. The molecular formula is C62H46N2S. The Labute approximate surface area is 384 Å². The number of fused-ring (bicyclic) bond motifs is 10. The minimum atomic E-state index is -0.275. The van der Waals surface area contributed by atoms with Crippen molar-refractivity contribution in [2.75, 3.05) is 9.80 Å². The van der Waals surface area contributed by atoms with Crippen molar-refractivity contribution < 1.29 is 0 Å². The Bertz CT molecular complexity index is 3760. The maximum absolute atomic E-state index is 2.59. The number of hydrogen-bond donors (Lipinski definition) is 0. The van der Waals surface area contributed by atoms with Crippen LogP contribution in [0.15, 0.2) is 206 Å². The Morgan fingerprint density at radius 1 is 0.400 bits per heavy atom. The van der Waals surface area contributed by atoms with Crippen molar-refractivity contribution in [1.29, 1.82) is 0 Å². The van der Waals surface area contributed by atoms with Gasteiger partial charge in [-0.1, -0.05) is 179 Å². The number of para-hydroxylation sites is 1. The van der Waals surface area contributed by atoms with E-state index in [9.17, 15) is 0 Å². The predicted molar refractivity (Wildman–Crippen MR) is 279 cm³/mol. The fourth-order valence-electron chi connectivity index (χ4n) is 11.3. The van der Waals surface area contributed by atoms with Crippen molar-refractivity contribution in [2.24, 2.45) is 0 Å². The van der Waals surface area contributed by atoms with Gasteiger partial charge in [-0.25, -0.2) is 0 Å². The monoisotopic (exact) mass is 850 g/mol. The molecule has 0 fully saturated rings. The van der Waals surface area contributed by atoms with E-state index in [0.717, 1.165) is 17.1 Å². The third-order valence-electron chi connectivity index (χ3n) is 14.6. The highest BCUT2D eigenvalue weighted by Gasteiger charge is 2.40. The van der Waals surface area contributed by atoms with Crippen LogP contribution >= 0.6 is 11.3 Å². The van der Waals surface area contributed by atoms with Gasteiger partial charge in [0.15, 0.2) is 0 Å². The van der Waals surface area contributed by atoms with E-state index in [0.29, 0.717) is 0 Å². The van der Waals surface area contributed by atoms with Crippen LogP contribution in [0, 0.1) is 0 Å². The standard InChI is InChI=1S/C62H46N2S/c1-61(2)50-23-11-9-20-46(50)47-33-32-44(38-52(47)61)63(57-26-15-22-49-48-21-10-14-27-58(48)65-60(49)57)56-35-30-40-17-7-8-19-45(40)59(56)64-54-25-13-12-24-51(54)62(3,4)53-37-43(31-34-55(53)64)42-29-28-39-16-5-6-18-41(39)36-42/h5-38H,1-4H3. The summed E-state index contributed by atoms with van der Waals surface area (Å²) in [5.41, 5.74) is 17.0. The maximum atomic E-state index is 2.59. The molecule has 1 aliphatic heterocycles. The predicted octanol–water partition coefficient (Wildman–Crippen LogP) is 17.9. The second-order valence-corrected chi connectivity index (χ2v) is 20.0. The first-order chi connectivity index (χ1) is 31.8. The first kappa shape index (κ1) is 38.0. The largest absolute Gasteiger partial charge is 0.307 e. The van der Waals surface area contributed by atoms with Crippen LogP contribution in [0.3, 0.4) is 0 Å². The Hall–Kier alpha value is -7.46. The lowest BCUT2D eigenvalue weighted by Gasteiger charge is -2.44. The molecule has 3 heteroatoms. The molecule has 0 amide bonds. The van der Waals surface area contributed by atoms with Gasteiger partial charge in [0, 0.05) is 37.4 Å². The number of benzene rings is 10. The zero-order chi connectivity index (χ0) is 43.6. The van der Waals surface area contributed by atoms with E-state index in [2.05, 4.69) is 244 Å². The lowest BCUT2D eigenvalue weighted by Crippen LogP contribution is -2.31. The fourth-order valence-corrected chi connectivity index (χ4v) is 12.5. The van der Waals surface area contributed by atoms with Crippen molar-refractivity contribution in [3.8, 4) is 22.3 Å². The van der Waals surface area contributed by atoms with Crippen molar-refractivity contribution in [3.05, 3.63) is 229 Å². The van der Waals surface area contributed by atoms with Gasteiger partial charge in [0.25, 0.3) is 0 Å². The molecular weight excluding hydrogens is 805 g/mol. The second-order valence-electron chi connectivity index (χ2n) is 18.9. The summed E-state index contributed by atoms with van der Waals surface area (Å²) in [5, 5.41) is 7.48. The van der Waals surface area contributed by atoms with Crippen molar-refractivity contribution in [2.45, 2.75) is 38.5 Å². The van der Waals surface area contributed by atoms with Crippen molar-refractivity contribution >= 4 is 87.2 Å². The quantitative estimate of drug-likeness (QED) is 0.170. The van der Waals surface area contributed by atoms with E-state index in [4.69, 9.17) is 0 Å². The minimum absolute atomic E-state index is 0.164. The molecule has 1 aromatic heterocycles. The van der Waals surface area contributed by atoms with E-state index in [-0.39, 0.29) is 10.8 Å². The summed E-state index contributed by atoms with van der Waals surface area (Å²) >= 11 is 1.89. The molecule has 0 saturated heterocycles. The van der Waals surface area contributed by atoms with Crippen LogP contribution in [0.1, 0.15) is 49.9 Å². The average molecular weight is 851 g/mol. The third-order valence-corrected chi connectivity index (χ3v) is 15.8.